The number of phenolic OH excluding ortho intramolecular Hbond substituents is 1. The lowest BCUT2D eigenvalue weighted by Gasteiger charge is -2.16. The molecule has 1 amide bonds. The maximum absolute atomic E-state index is 12.1. The van der Waals surface area contributed by atoms with Crippen LogP contribution in [0.3, 0.4) is 0 Å². The molecule has 1 aromatic heterocycles. The Morgan fingerprint density at radius 1 is 1.31 bits per heavy atom. The number of hydrogen-bond acceptors (Lipinski definition) is 7. The Bertz CT molecular complexity index is 779. The number of rotatable bonds is 6. The Morgan fingerprint density at radius 3 is 2.62 bits per heavy atom. The molecule has 8 heteroatoms. The van der Waals surface area contributed by atoms with Gasteiger partial charge in [-0.3, -0.25) is 15.4 Å². The summed E-state index contributed by atoms with van der Waals surface area (Å²) in [5.74, 6) is -0.735. The molecule has 26 heavy (non-hydrogen) atoms. The molecule has 0 unspecified atom stereocenters. The van der Waals surface area contributed by atoms with Crippen molar-refractivity contribution in [1.29, 1.82) is 0 Å². The summed E-state index contributed by atoms with van der Waals surface area (Å²) in [5.41, 5.74) is 1.00. The van der Waals surface area contributed by atoms with Gasteiger partial charge in [0.25, 0.3) is 0 Å². The van der Waals surface area contributed by atoms with Crippen molar-refractivity contribution in [3.05, 3.63) is 41.6 Å². The summed E-state index contributed by atoms with van der Waals surface area (Å²) in [7, 11) is 1.25. The van der Waals surface area contributed by atoms with Crippen molar-refractivity contribution in [2.75, 3.05) is 19.0 Å². The maximum atomic E-state index is 12.1. The van der Waals surface area contributed by atoms with Crippen molar-refractivity contribution >= 4 is 17.8 Å². The summed E-state index contributed by atoms with van der Waals surface area (Å²) in [6.45, 7) is 5.78. The predicted molar refractivity (Wildman–Crippen MR) is 94.7 cm³/mol. The molecule has 0 bridgehead atoms. The van der Waals surface area contributed by atoms with E-state index in [1.807, 2.05) is 20.8 Å². The molecule has 1 atom stereocenters. The van der Waals surface area contributed by atoms with Crippen LogP contribution in [0, 0.1) is 0 Å². The molecular formula is C18H23N3O5. The van der Waals surface area contributed by atoms with E-state index in [9.17, 15) is 14.7 Å². The minimum atomic E-state index is -0.891. The highest BCUT2D eigenvalue weighted by Crippen LogP contribution is 2.23. The van der Waals surface area contributed by atoms with Gasteiger partial charge in [-0.2, -0.15) is 0 Å². The van der Waals surface area contributed by atoms with Crippen LogP contribution in [0.15, 0.2) is 34.9 Å². The zero-order valence-electron chi connectivity index (χ0n) is 15.2. The normalized spacial score (nSPS) is 12.5. The third kappa shape index (κ3) is 5.06. The van der Waals surface area contributed by atoms with E-state index in [-0.39, 0.29) is 23.6 Å². The fourth-order valence-electron chi connectivity index (χ4n) is 2.22. The van der Waals surface area contributed by atoms with Gasteiger partial charge in [0.2, 0.25) is 11.8 Å². The molecular weight excluding hydrogens is 338 g/mol. The number of hydrogen-bond donors (Lipinski definition) is 3. The number of aromatic nitrogens is 1. The monoisotopic (exact) mass is 361 g/mol. The quantitative estimate of drug-likeness (QED) is 0.675. The molecule has 2 aromatic rings. The van der Waals surface area contributed by atoms with Crippen LogP contribution in [-0.2, 0) is 19.7 Å². The number of carbonyl (C=O) groups is 2. The molecule has 0 aliphatic heterocycles. The predicted octanol–water partition coefficient (Wildman–Crippen LogP) is 2.12. The molecule has 0 radical (unpaired) electrons. The third-order valence-electron chi connectivity index (χ3n) is 3.65. The Hall–Kier alpha value is -2.87. The summed E-state index contributed by atoms with van der Waals surface area (Å²) in [6.07, 6.45) is 0. The minimum absolute atomic E-state index is 0.0130. The highest BCUT2D eigenvalue weighted by Gasteiger charge is 2.23. The molecule has 1 heterocycles. The highest BCUT2D eigenvalue weighted by atomic mass is 16.5. The number of benzene rings is 1. The largest absolute Gasteiger partial charge is 0.508 e. The standard InChI is InChI=1S/C18H23N3O5/c1-18(2,3)13-9-15(26-21-13)20-14(23)10-19-16(17(24)25-4)11-6-5-7-12(22)8-11/h5-9,16,19,22H,10H2,1-4H3,(H,20,23)/t16-/m0/s1. The van der Waals surface area contributed by atoms with Crippen LogP contribution in [0.5, 0.6) is 5.75 Å². The summed E-state index contributed by atoms with van der Waals surface area (Å²) < 4.78 is 9.86. The number of nitrogens with one attached hydrogen (secondary N) is 2. The first kappa shape index (κ1) is 19.5. The van der Waals surface area contributed by atoms with Crippen LogP contribution in [0.1, 0.15) is 38.1 Å². The Kier molecular flexibility index (Phi) is 5.99. The van der Waals surface area contributed by atoms with Crippen LogP contribution in [0.4, 0.5) is 5.88 Å². The van der Waals surface area contributed by atoms with Crippen LogP contribution in [0.2, 0.25) is 0 Å². The van der Waals surface area contributed by atoms with Gasteiger partial charge in [-0.25, -0.2) is 4.79 Å². The summed E-state index contributed by atoms with van der Waals surface area (Å²) in [6, 6.07) is 6.94. The number of amides is 1. The summed E-state index contributed by atoms with van der Waals surface area (Å²) in [4.78, 5) is 24.1. The van der Waals surface area contributed by atoms with Gasteiger partial charge in [0.05, 0.1) is 19.3 Å². The average molecular weight is 361 g/mol. The molecule has 0 spiro atoms. The number of aromatic hydroxyl groups is 1. The van der Waals surface area contributed by atoms with Gasteiger partial charge in [0.1, 0.15) is 11.8 Å². The topological polar surface area (TPSA) is 114 Å². The van der Waals surface area contributed by atoms with Crippen LogP contribution in [-0.4, -0.2) is 35.8 Å². The number of carbonyl (C=O) groups excluding carboxylic acids is 2. The number of nitrogens with zero attached hydrogens (tertiary/aromatic N) is 1. The van der Waals surface area contributed by atoms with Crippen molar-refractivity contribution in [2.24, 2.45) is 0 Å². The first-order chi connectivity index (χ1) is 12.2. The highest BCUT2D eigenvalue weighted by molar-refractivity contribution is 5.91. The maximum Gasteiger partial charge on any atom is 0.327 e. The lowest BCUT2D eigenvalue weighted by molar-refractivity contribution is -0.143. The number of phenols is 1. The molecule has 140 valence electrons. The molecule has 0 fully saturated rings. The molecule has 0 aliphatic carbocycles. The van der Waals surface area contributed by atoms with E-state index in [1.54, 1.807) is 18.2 Å². The second-order valence-corrected chi connectivity index (χ2v) is 6.81. The molecule has 0 saturated carbocycles. The smallest absolute Gasteiger partial charge is 0.327 e. The van der Waals surface area contributed by atoms with Gasteiger partial charge in [0, 0.05) is 11.5 Å². The van der Waals surface area contributed by atoms with E-state index < -0.39 is 17.9 Å². The minimum Gasteiger partial charge on any atom is -0.508 e. The number of methoxy groups -OCH3 is 1. The van der Waals surface area contributed by atoms with Gasteiger partial charge in [0.15, 0.2) is 0 Å². The molecule has 1 aromatic carbocycles. The van der Waals surface area contributed by atoms with Gasteiger partial charge in [-0.1, -0.05) is 38.1 Å². The fraction of sp³-hybridized carbons (Fsp3) is 0.389. The van der Waals surface area contributed by atoms with Crippen molar-refractivity contribution in [3.8, 4) is 5.75 Å². The molecule has 8 nitrogen and oxygen atoms in total. The molecule has 0 saturated heterocycles. The molecule has 3 N–H and O–H groups in total. The van der Waals surface area contributed by atoms with E-state index in [1.165, 1.54) is 19.2 Å². The average Bonchev–Trinajstić information content (AvgIpc) is 3.03. The Balaban J connectivity index is 2.01. The van der Waals surface area contributed by atoms with Crippen molar-refractivity contribution in [1.82, 2.24) is 10.5 Å². The Labute approximate surface area is 151 Å². The molecule has 0 aliphatic rings. The molecule has 2 rings (SSSR count). The van der Waals surface area contributed by atoms with Crippen LogP contribution >= 0.6 is 0 Å². The summed E-state index contributed by atoms with van der Waals surface area (Å²) >= 11 is 0. The lowest BCUT2D eigenvalue weighted by Crippen LogP contribution is -2.35. The summed E-state index contributed by atoms with van der Waals surface area (Å²) in [5, 5.41) is 18.9. The number of anilines is 1. The van der Waals surface area contributed by atoms with Crippen LogP contribution < -0.4 is 10.6 Å². The first-order valence-corrected chi connectivity index (χ1v) is 8.08. The van der Waals surface area contributed by atoms with Crippen molar-refractivity contribution < 1.29 is 24.0 Å². The first-order valence-electron chi connectivity index (χ1n) is 8.08. The van der Waals surface area contributed by atoms with Gasteiger partial charge >= 0.3 is 5.97 Å². The zero-order valence-corrected chi connectivity index (χ0v) is 15.2. The van der Waals surface area contributed by atoms with Crippen molar-refractivity contribution in [3.63, 3.8) is 0 Å². The lowest BCUT2D eigenvalue weighted by atomic mass is 9.92. The number of esters is 1. The van der Waals surface area contributed by atoms with E-state index in [0.717, 1.165) is 0 Å². The second kappa shape index (κ2) is 8.01. The zero-order chi connectivity index (χ0) is 19.3. The van der Waals surface area contributed by atoms with Gasteiger partial charge in [-0.15, -0.1) is 0 Å². The second-order valence-electron chi connectivity index (χ2n) is 6.81. The van der Waals surface area contributed by atoms with E-state index >= 15 is 0 Å². The van der Waals surface area contributed by atoms with Crippen LogP contribution in [0.25, 0.3) is 0 Å². The Morgan fingerprint density at radius 2 is 2.04 bits per heavy atom. The van der Waals surface area contributed by atoms with E-state index in [0.29, 0.717) is 11.3 Å². The van der Waals surface area contributed by atoms with Gasteiger partial charge in [-0.05, 0) is 17.7 Å². The fourth-order valence-corrected chi connectivity index (χ4v) is 2.22. The number of ether oxygens (including phenoxy) is 1. The van der Waals surface area contributed by atoms with E-state index in [2.05, 4.69) is 15.8 Å². The third-order valence-corrected chi connectivity index (χ3v) is 3.65. The van der Waals surface area contributed by atoms with Gasteiger partial charge < -0.3 is 14.4 Å². The van der Waals surface area contributed by atoms with Crippen molar-refractivity contribution in [2.45, 2.75) is 32.2 Å². The SMILES string of the molecule is COC(=O)[C@@H](NCC(=O)Nc1cc(C(C)(C)C)no1)c1cccc(O)c1. The van der Waals surface area contributed by atoms with E-state index in [4.69, 9.17) is 9.26 Å².